The molecule has 3 aliphatic heterocycles. The number of terminal acetylenes is 1. The molecular formula is C43H65F2N6O6+. The number of carbonyl (C=O) groups is 2. The average Bonchev–Trinajstić information content (AvgIpc) is 3.44. The fourth-order valence-corrected chi connectivity index (χ4v) is 9.08. The van der Waals surface area contributed by atoms with E-state index in [2.05, 4.69) is 20.7 Å². The molecule has 14 heteroatoms. The molecule has 5 rings (SSSR count). The quantitative estimate of drug-likeness (QED) is 0.0532. The SMILES string of the molecule is C#CCOCCOCCOCCOCCC(=O)N1CCC(C(=N)[N+](=C(C)N)C2CC3CCC(C2)N3CC[C@H](NC(=O)C2CCC(F)(F)CC2)c2ccccc2)CC1. The van der Waals surface area contributed by atoms with Gasteiger partial charge in [0.15, 0.2) is 5.84 Å². The third-order valence-electron chi connectivity index (χ3n) is 12.1. The Morgan fingerprint density at radius 2 is 1.49 bits per heavy atom. The van der Waals surface area contributed by atoms with Crippen LogP contribution in [0.2, 0.25) is 0 Å². The standard InChI is InChI=1S/C43H64F2N6O6/c1-3-22-54-24-26-56-28-29-57-27-25-55-23-16-40(52)49-19-13-34(14-20-49)41(47)51(32(2)46)38-30-36-9-10-37(31-38)50(36)21-15-39(33-7-5-4-6-8-33)48-42(53)35-11-17-43(44,45)18-12-35/h1,4-8,34-39,46-47H,9-31H2,2H3,(H,48,53)/p+1/t36?,37?,38?,39-/m0/s1. The maximum absolute atomic E-state index is 13.8. The number of benzene rings is 1. The Labute approximate surface area is 337 Å². The van der Waals surface area contributed by atoms with Gasteiger partial charge in [0.05, 0.1) is 70.7 Å². The van der Waals surface area contributed by atoms with Crippen molar-refractivity contribution in [3.8, 4) is 12.3 Å². The molecule has 1 aliphatic carbocycles. The topological polar surface area (TPSA) is 142 Å². The van der Waals surface area contributed by atoms with Crippen LogP contribution in [0, 0.1) is 29.6 Å². The summed E-state index contributed by atoms with van der Waals surface area (Å²) in [7, 11) is 0. The van der Waals surface area contributed by atoms with Gasteiger partial charge in [-0.1, -0.05) is 36.3 Å². The van der Waals surface area contributed by atoms with E-state index < -0.39 is 5.92 Å². The van der Waals surface area contributed by atoms with Crippen molar-refractivity contribution in [2.75, 3.05) is 72.5 Å². The van der Waals surface area contributed by atoms with Gasteiger partial charge in [-0.15, -0.1) is 6.42 Å². The lowest BCUT2D eigenvalue weighted by Gasteiger charge is -2.41. The summed E-state index contributed by atoms with van der Waals surface area (Å²) >= 11 is 0. The summed E-state index contributed by atoms with van der Waals surface area (Å²) in [6.07, 6.45) is 11.6. The zero-order valence-electron chi connectivity index (χ0n) is 33.8. The number of carbonyl (C=O) groups excluding carboxylic acids is 2. The molecule has 57 heavy (non-hydrogen) atoms. The van der Waals surface area contributed by atoms with Gasteiger partial charge in [0.25, 0.3) is 0 Å². The Morgan fingerprint density at radius 1 is 0.912 bits per heavy atom. The first-order valence-electron chi connectivity index (χ1n) is 21.0. The molecule has 316 valence electrons. The highest BCUT2D eigenvalue weighted by Crippen LogP contribution is 2.39. The van der Waals surface area contributed by atoms with Gasteiger partial charge >= 0.3 is 0 Å². The number of nitrogens with one attached hydrogen (secondary N) is 2. The summed E-state index contributed by atoms with van der Waals surface area (Å²) in [5.41, 5.74) is 7.56. The van der Waals surface area contributed by atoms with Crippen LogP contribution in [0.3, 0.4) is 0 Å². The molecule has 1 saturated carbocycles. The van der Waals surface area contributed by atoms with Crippen molar-refractivity contribution >= 4 is 23.5 Å². The molecule has 4 aliphatic rings. The number of hydrogen-bond donors (Lipinski definition) is 3. The molecule has 3 heterocycles. The molecule has 2 unspecified atom stereocenters. The summed E-state index contributed by atoms with van der Waals surface area (Å²) in [6, 6.07) is 10.6. The van der Waals surface area contributed by atoms with E-state index in [9.17, 15) is 23.8 Å². The zero-order chi connectivity index (χ0) is 40.6. The van der Waals surface area contributed by atoms with E-state index in [1.54, 1.807) is 0 Å². The molecule has 0 radical (unpaired) electrons. The van der Waals surface area contributed by atoms with Crippen LogP contribution in [0.4, 0.5) is 8.78 Å². The number of halogens is 2. The Hall–Kier alpha value is -3.48. The number of amides is 2. The summed E-state index contributed by atoms with van der Waals surface area (Å²) in [5.74, 6) is 0.527. The van der Waals surface area contributed by atoms with E-state index in [0.717, 1.165) is 57.1 Å². The van der Waals surface area contributed by atoms with Gasteiger partial charge in [0.2, 0.25) is 23.6 Å². The highest BCUT2D eigenvalue weighted by molar-refractivity contribution is 5.84. The highest BCUT2D eigenvalue weighted by Gasteiger charge is 2.45. The molecule has 3 atom stereocenters. The summed E-state index contributed by atoms with van der Waals surface area (Å²) in [4.78, 5) is 30.7. The number of ether oxygens (including phenoxy) is 4. The second-order valence-electron chi connectivity index (χ2n) is 16.0. The lowest BCUT2D eigenvalue weighted by atomic mass is 9.86. The summed E-state index contributed by atoms with van der Waals surface area (Å²) in [5, 5.41) is 12.6. The number of amidine groups is 2. The first-order valence-corrected chi connectivity index (χ1v) is 21.0. The maximum Gasteiger partial charge on any atom is 0.248 e. The molecule has 4 N–H and O–H groups in total. The normalized spacial score (nSPS) is 23.8. The lowest BCUT2D eigenvalue weighted by Crippen LogP contribution is -2.53. The Morgan fingerprint density at radius 3 is 2.07 bits per heavy atom. The molecule has 0 aromatic heterocycles. The number of nitrogens with two attached hydrogens (primary N) is 1. The van der Waals surface area contributed by atoms with Gasteiger partial charge < -0.3 is 34.9 Å². The van der Waals surface area contributed by atoms with E-state index in [0.29, 0.717) is 89.5 Å². The Balaban J connectivity index is 1.03. The molecule has 2 bridgehead atoms. The lowest BCUT2D eigenvalue weighted by molar-refractivity contribution is -0.471. The van der Waals surface area contributed by atoms with Crippen LogP contribution in [-0.4, -0.2) is 134 Å². The van der Waals surface area contributed by atoms with E-state index >= 15 is 0 Å². The molecular weight excluding hydrogens is 735 g/mol. The third-order valence-corrected chi connectivity index (χ3v) is 12.1. The fraction of sp³-hybridized carbons (Fsp3) is 0.721. The van der Waals surface area contributed by atoms with Gasteiger partial charge in [-0.05, 0) is 63.4 Å². The van der Waals surface area contributed by atoms with E-state index in [1.807, 2.05) is 42.2 Å². The van der Waals surface area contributed by atoms with Crippen molar-refractivity contribution < 1.29 is 41.9 Å². The van der Waals surface area contributed by atoms with Crippen molar-refractivity contribution in [1.29, 1.82) is 5.41 Å². The predicted octanol–water partition coefficient (Wildman–Crippen LogP) is 4.75. The van der Waals surface area contributed by atoms with Crippen LogP contribution in [0.15, 0.2) is 30.3 Å². The van der Waals surface area contributed by atoms with Crippen molar-refractivity contribution in [3.63, 3.8) is 0 Å². The van der Waals surface area contributed by atoms with Gasteiger partial charge in [-0.25, -0.2) is 13.4 Å². The Bertz CT molecular complexity index is 1490. The number of hydrogen-bond acceptors (Lipinski definition) is 8. The number of rotatable bonds is 21. The van der Waals surface area contributed by atoms with Crippen molar-refractivity contribution in [3.05, 3.63) is 35.9 Å². The monoisotopic (exact) mass is 799 g/mol. The minimum absolute atomic E-state index is 0.0294. The minimum atomic E-state index is -2.67. The molecule has 1 aromatic carbocycles. The summed E-state index contributed by atoms with van der Waals surface area (Å²) in [6.45, 7) is 7.21. The maximum atomic E-state index is 13.8. The second kappa shape index (κ2) is 22.6. The third kappa shape index (κ3) is 13.5. The number of alkyl halides is 2. The van der Waals surface area contributed by atoms with E-state index in [4.69, 9.17) is 31.1 Å². The van der Waals surface area contributed by atoms with E-state index in [-0.39, 0.29) is 68.0 Å². The molecule has 3 saturated heterocycles. The van der Waals surface area contributed by atoms with Crippen LogP contribution >= 0.6 is 0 Å². The molecule has 4 fully saturated rings. The van der Waals surface area contributed by atoms with Crippen LogP contribution in [0.25, 0.3) is 0 Å². The largest absolute Gasteiger partial charge is 0.379 e. The van der Waals surface area contributed by atoms with E-state index in [1.165, 1.54) is 0 Å². The average molecular weight is 800 g/mol. The highest BCUT2D eigenvalue weighted by atomic mass is 19.3. The summed E-state index contributed by atoms with van der Waals surface area (Å²) < 4.78 is 51.3. The van der Waals surface area contributed by atoms with Gasteiger partial charge in [0.1, 0.15) is 6.61 Å². The smallest absolute Gasteiger partial charge is 0.248 e. The molecule has 0 spiro atoms. The first kappa shape index (κ1) is 44.6. The van der Waals surface area contributed by atoms with Crippen LogP contribution < -0.4 is 11.1 Å². The van der Waals surface area contributed by atoms with Gasteiger partial charge in [-0.3, -0.25) is 14.5 Å². The fourth-order valence-electron chi connectivity index (χ4n) is 9.08. The van der Waals surface area contributed by atoms with Crippen LogP contribution in [0.1, 0.15) is 95.6 Å². The molecule has 12 nitrogen and oxygen atoms in total. The predicted molar refractivity (Wildman–Crippen MR) is 214 cm³/mol. The molecule has 2 amide bonds. The number of fused-ring (bicyclic) bond motifs is 2. The number of nitrogens with zero attached hydrogens (tertiary/aromatic N) is 3. The van der Waals surface area contributed by atoms with Crippen LogP contribution in [-0.2, 0) is 28.5 Å². The van der Waals surface area contributed by atoms with Crippen molar-refractivity contribution in [2.24, 2.45) is 17.6 Å². The molecule has 1 aromatic rings. The number of piperidine rings is 2. The van der Waals surface area contributed by atoms with Gasteiger partial charge in [0, 0.05) is 57.4 Å². The minimum Gasteiger partial charge on any atom is -0.379 e. The van der Waals surface area contributed by atoms with Crippen molar-refractivity contribution in [1.82, 2.24) is 15.1 Å². The second-order valence-corrected chi connectivity index (χ2v) is 16.0. The van der Waals surface area contributed by atoms with Crippen LogP contribution in [0.5, 0.6) is 0 Å². The Kier molecular flexibility index (Phi) is 17.7. The van der Waals surface area contributed by atoms with Gasteiger partial charge in [-0.2, -0.15) is 5.41 Å². The zero-order valence-corrected chi connectivity index (χ0v) is 33.8. The van der Waals surface area contributed by atoms with Crippen molar-refractivity contribution in [2.45, 2.75) is 114 Å². The number of likely N-dealkylation sites (tertiary alicyclic amines) is 1. The first-order chi connectivity index (χ1) is 27.6.